The van der Waals surface area contributed by atoms with E-state index in [9.17, 15) is 0 Å². The van der Waals surface area contributed by atoms with Crippen LogP contribution in [0.4, 0.5) is 0 Å². The van der Waals surface area contributed by atoms with Gasteiger partial charge in [-0.2, -0.15) is 4.98 Å². The molecule has 2 rings (SSSR count). The highest BCUT2D eigenvalue weighted by molar-refractivity contribution is 4.96. The van der Waals surface area contributed by atoms with E-state index >= 15 is 0 Å². The van der Waals surface area contributed by atoms with Crippen LogP contribution in [0.25, 0.3) is 0 Å². The van der Waals surface area contributed by atoms with Gasteiger partial charge in [-0.15, -0.1) is 0 Å². The van der Waals surface area contributed by atoms with Crippen molar-refractivity contribution in [3.8, 4) is 0 Å². The number of aromatic nitrogens is 2. The number of morpholine rings is 1. The third-order valence-corrected chi connectivity index (χ3v) is 3.25. The summed E-state index contributed by atoms with van der Waals surface area (Å²) < 4.78 is 16.6. The van der Waals surface area contributed by atoms with E-state index in [0.29, 0.717) is 18.3 Å². The molecule has 1 aliphatic rings. The lowest BCUT2D eigenvalue weighted by molar-refractivity contribution is -0.0456. The second-order valence-electron chi connectivity index (χ2n) is 5.73. The van der Waals surface area contributed by atoms with Crippen LogP contribution in [0.1, 0.15) is 51.4 Å². The van der Waals surface area contributed by atoms with Crippen molar-refractivity contribution in [2.45, 2.75) is 45.8 Å². The molecule has 6 nitrogen and oxygen atoms in total. The van der Waals surface area contributed by atoms with Crippen LogP contribution >= 0.6 is 0 Å². The molecule has 0 aromatic carbocycles. The van der Waals surface area contributed by atoms with Crippen molar-refractivity contribution >= 4 is 0 Å². The molecule has 114 valence electrons. The van der Waals surface area contributed by atoms with Gasteiger partial charge in [-0.3, -0.25) is 4.90 Å². The average molecular weight is 283 g/mol. The minimum absolute atomic E-state index is 0.0981. The molecule has 0 unspecified atom stereocenters. The number of hydrogen-bond donors (Lipinski definition) is 0. The Hall–Kier alpha value is -0.980. The van der Waals surface area contributed by atoms with Crippen molar-refractivity contribution in [2.24, 2.45) is 0 Å². The monoisotopic (exact) mass is 283 g/mol. The Bertz CT molecular complexity index is 406. The summed E-state index contributed by atoms with van der Waals surface area (Å²) in [5.41, 5.74) is 0. The van der Waals surface area contributed by atoms with E-state index in [4.69, 9.17) is 14.0 Å². The molecule has 0 bridgehead atoms. The van der Waals surface area contributed by atoms with Crippen molar-refractivity contribution in [1.29, 1.82) is 0 Å². The largest absolute Gasteiger partial charge is 0.377 e. The highest BCUT2D eigenvalue weighted by Crippen LogP contribution is 2.21. The van der Waals surface area contributed by atoms with Crippen LogP contribution in [0.15, 0.2) is 4.52 Å². The van der Waals surface area contributed by atoms with Gasteiger partial charge >= 0.3 is 0 Å². The van der Waals surface area contributed by atoms with Crippen LogP contribution in [0, 0.1) is 0 Å². The third-order valence-electron chi connectivity index (χ3n) is 3.25. The predicted molar refractivity (Wildman–Crippen MR) is 74.6 cm³/mol. The van der Waals surface area contributed by atoms with E-state index in [0.717, 1.165) is 26.2 Å². The van der Waals surface area contributed by atoms with Gasteiger partial charge in [-0.1, -0.05) is 19.0 Å². The van der Waals surface area contributed by atoms with Crippen molar-refractivity contribution in [1.82, 2.24) is 15.0 Å². The SMILES string of the molecule is CC(C)OCCN1CCO[C@H](c2noc(C(C)C)n2)C1. The van der Waals surface area contributed by atoms with Gasteiger partial charge in [0.15, 0.2) is 0 Å². The second-order valence-corrected chi connectivity index (χ2v) is 5.73. The molecule has 1 atom stereocenters. The molecule has 1 aliphatic heterocycles. The topological polar surface area (TPSA) is 60.6 Å². The summed E-state index contributed by atoms with van der Waals surface area (Å²) in [6.45, 7) is 12.2. The fourth-order valence-corrected chi connectivity index (χ4v) is 2.09. The molecule has 6 heteroatoms. The average Bonchev–Trinajstić information content (AvgIpc) is 2.88. The molecule has 0 saturated carbocycles. The second kappa shape index (κ2) is 7.15. The predicted octanol–water partition coefficient (Wildman–Crippen LogP) is 1.99. The number of ether oxygens (including phenoxy) is 2. The van der Waals surface area contributed by atoms with Crippen molar-refractivity contribution in [3.63, 3.8) is 0 Å². The molecule has 1 fully saturated rings. The molecule has 0 amide bonds. The molecule has 20 heavy (non-hydrogen) atoms. The molecule has 0 radical (unpaired) electrons. The molecule has 1 aromatic heterocycles. The van der Waals surface area contributed by atoms with Crippen LogP contribution in [-0.4, -0.2) is 54.0 Å². The molecule has 1 saturated heterocycles. The fourth-order valence-electron chi connectivity index (χ4n) is 2.09. The van der Waals surface area contributed by atoms with E-state index in [1.165, 1.54) is 0 Å². The van der Waals surface area contributed by atoms with Crippen molar-refractivity contribution < 1.29 is 14.0 Å². The smallest absolute Gasteiger partial charge is 0.229 e. The molecular weight excluding hydrogens is 258 g/mol. The first-order valence-corrected chi connectivity index (χ1v) is 7.35. The standard InChI is InChI=1S/C14H25N3O3/c1-10(2)14-15-13(16-20-14)12-9-17(6-8-19-12)5-7-18-11(3)4/h10-12H,5-9H2,1-4H3/t12-/m0/s1. The van der Waals surface area contributed by atoms with Crippen molar-refractivity contribution in [2.75, 3.05) is 32.8 Å². The minimum Gasteiger partial charge on any atom is -0.377 e. The Morgan fingerprint density at radius 3 is 2.80 bits per heavy atom. The Labute approximate surface area is 120 Å². The van der Waals surface area contributed by atoms with E-state index in [2.05, 4.69) is 28.9 Å². The summed E-state index contributed by atoms with van der Waals surface area (Å²) in [6, 6.07) is 0. The number of nitrogens with zero attached hydrogens (tertiary/aromatic N) is 3. The zero-order valence-electron chi connectivity index (χ0n) is 12.8. The van der Waals surface area contributed by atoms with Gasteiger partial charge in [0.1, 0.15) is 6.10 Å². The maximum atomic E-state index is 5.75. The van der Waals surface area contributed by atoms with Gasteiger partial charge in [0.05, 0.1) is 19.3 Å². The maximum Gasteiger partial charge on any atom is 0.229 e. The first-order chi connectivity index (χ1) is 9.56. The van der Waals surface area contributed by atoms with E-state index in [-0.39, 0.29) is 18.1 Å². The summed E-state index contributed by atoms with van der Waals surface area (Å²) in [6.07, 6.45) is 0.177. The first-order valence-electron chi connectivity index (χ1n) is 7.35. The molecular formula is C14H25N3O3. The van der Waals surface area contributed by atoms with E-state index < -0.39 is 0 Å². The minimum atomic E-state index is -0.0981. The van der Waals surface area contributed by atoms with Crippen LogP contribution in [0.3, 0.4) is 0 Å². The number of rotatable bonds is 6. The fraction of sp³-hybridized carbons (Fsp3) is 0.857. The highest BCUT2D eigenvalue weighted by Gasteiger charge is 2.26. The van der Waals surface area contributed by atoms with Crippen molar-refractivity contribution in [3.05, 3.63) is 11.7 Å². The lowest BCUT2D eigenvalue weighted by Gasteiger charge is -2.31. The zero-order chi connectivity index (χ0) is 14.5. The summed E-state index contributed by atoms with van der Waals surface area (Å²) >= 11 is 0. The molecule has 0 N–H and O–H groups in total. The van der Waals surface area contributed by atoms with Crippen LogP contribution in [-0.2, 0) is 9.47 Å². The summed E-state index contributed by atoms with van der Waals surface area (Å²) in [7, 11) is 0. The highest BCUT2D eigenvalue weighted by atomic mass is 16.5. The van der Waals surface area contributed by atoms with Gasteiger partial charge < -0.3 is 14.0 Å². The summed E-state index contributed by atoms with van der Waals surface area (Å²) in [4.78, 5) is 6.74. The first kappa shape index (κ1) is 15.4. The number of hydrogen-bond acceptors (Lipinski definition) is 6. The zero-order valence-corrected chi connectivity index (χ0v) is 12.8. The summed E-state index contributed by atoms with van der Waals surface area (Å²) in [5, 5.41) is 4.04. The molecule has 2 heterocycles. The molecule has 0 aliphatic carbocycles. The Balaban J connectivity index is 1.86. The van der Waals surface area contributed by atoms with Crippen LogP contribution in [0.2, 0.25) is 0 Å². The molecule has 1 aromatic rings. The van der Waals surface area contributed by atoms with E-state index in [1.807, 2.05) is 13.8 Å². The van der Waals surface area contributed by atoms with Gasteiger partial charge in [-0.05, 0) is 13.8 Å². The quantitative estimate of drug-likeness (QED) is 0.795. The van der Waals surface area contributed by atoms with Gasteiger partial charge in [-0.25, -0.2) is 0 Å². The normalized spacial score (nSPS) is 21.0. The molecule has 0 spiro atoms. The van der Waals surface area contributed by atoms with E-state index in [1.54, 1.807) is 0 Å². The van der Waals surface area contributed by atoms with Gasteiger partial charge in [0.25, 0.3) is 0 Å². The van der Waals surface area contributed by atoms with Gasteiger partial charge in [0, 0.05) is 25.6 Å². The van der Waals surface area contributed by atoms with Crippen LogP contribution in [0.5, 0.6) is 0 Å². The maximum absolute atomic E-state index is 5.75. The Morgan fingerprint density at radius 2 is 2.15 bits per heavy atom. The Morgan fingerprint density at radius 1 is 1.35 bits per heavy atom. The summed E-state index contributed by atoms with van der Waals surface area (Å²) in [5.74, 6) is 1.57. The van der Waals surface area contributed by atoms with Crippen LogP contribution < -0.4 is 0 Å². The lowest BCUT2D eigenvalue weighted by atomic mass is 10.2. The lowest BCUT2D eigenvalue weighted by Crippen LogP contribution is -2.40. The Kier molecular flexibility index (Phi) is 5.51. The van der Waals surface area contributed by atoms with Gasteiger partial charge in [0.2, 0.25) is 11.7 Å². The third kappa shape index (κ3) is 4.26.